The molecule has 0 amide bonds. The molecule has 0 bridgehead atoms. The first-order chi connectivity index (χ1) is 11.6. The molecule has 1 N–H and O–H groups in total. The van der Waals surface area contributed by atoms with E-state index in [2.05, 4.69) is 9.98 Å². The summed E-state index contributed by atoms with van der Waals surface area (Å²) in [6.45, 7) is 1.89. The van der Waals surface area contributed by atoms with Crippen molar-refractivity contribution in [3.05, 3.63) is 65.6 Å². The molecule has 1 aliphatic heterocycles. The number of aromatic nitrogens is 1. The van der Waals surface area contributed by atoms with E-state index in [1.807, 2.05) is 31.2 Å². The summed E-state index contributed by atoms with van der Waals surface area (Å²) in [5.74, 6) is -0.766. The molecule has 0 spiro atoms. The third-order valence-corrected chi connectivity index (χ3v) is 3.89. The number of fused-ring (bicyclic) bond motifs is 1. The maximum Gasteiger partial charge on any atom is 0.310 e. The Morgan fingerprint density at radius 3 is 2.54 bits per heavy atom. The van der Waals surface area contributed by atoms with Crippen molar-refractivity contribution < 1.29 is 13.9 Å². The highest BCUT2D eigenvalue weighted by Crippen LogP contribution is 2.37. The van der Waals surface area contributed by atoms with E-state index in [1.54, 1.807) is 24.3 Å². The van der Waals surface area contributed by atoms with Crippen LogP contribution in [0.25, 0.3) is 23.1 Å². The number of aromatic hydroxyl groups is 1. The quantitative estimate of drug-likeness (QED) is 0.735. The second-order valence-corrected chi connectivity index (χ2v) is 5.46. The molecule has 2 aromatic carbocycles. The van der Waals surface area contributed by atoms with E-state index in [9.17, 15) is 9.50 Å². The number of nitrogens with zero attached hydrogens (tertiary/aromatic N) is 2. The Bertz CT molecular complexity index is 1000. The lowest BCUT2D eigenvalue weighted by molar-refractivity contribution is 0.336. The second-order valence-electron chi connectivity index (χ2n) is 5.46. The summed E-state index contributed by atoms with van der Waals surface area (Å²) in [7, 11) is 0. The minimum atomic E-state index is -0.457. The molecule has 0 saturated heterocycles. The lowest BCUT2D eigenvalue weighted by Gasteiger charge is -1.99. The molecule has 1 aliphatic rings. The minimum absolute atomic E-state index is 0.0401. The Hall–Kier alpha value is -3.21. The fraction of sp³-hybridized carbons (Fsp3) is 0.0526. The largest absolute Gasteiger partial charge is 0.479 e. The maximum absolute atomic E-state index is 13.9. The second kappa shape index (κ2) is 5.45. The lowest BCUT2D eigenvalue weighted by Crippen LogP contribution is -1.90. The zero-order valence-electron chi connectivity index (χ0n) is 12.8. The number of allylic oxidation sites excluding steroid dienone is 1. The number of benzene rings is 2. The van der Waals surface area contributed by atoms with Crippen LogP contribution in [0.4, 0.5) is 10.1 Å². The van der Waals surface area contributed by atoms with Crippen LogP contribution in [0.5, 0.6) is 5.95 Å². The number of halogens is 1. The zero-order valence-corrected chi connectivity index (χ0v) is 12.8. The van der Waals surface area contributed by atoms with Gasteiger partial charge in [-0.15, -0.1) is 0 Å². The highest BCUT2D eigenvalue weighted by molar-refractivity contribution is 6.31. The topological polar surface area (TPSA) is 58.6 Å². The van der Waals surface area contributed by atoms with Crippen LogP contribution in [0.3, 0.4) is 0 Å². The van der Waals surface area contributed by atoms with E-state index in [-0.39, 0.29) is 23.1 Å². The molecule has 118 valence electrons. The van der Waals surface area contributed by atoms with Crippen LogP contribution in [-0.4, -0.2) is 15.8 Å². The molecular formula is C19H13FN2O2. The van der Waals surface area contributed by atoms with E-state index >= 15 is 0 Å². The molecule has 0 unspecified atom stereocenters. The van der Waals surface area contributed by atoms with E-state index in [1.165, 1.54) is 6.07 Å². The number of hydrogen-bond donors (Lipinski definition) is 1. The molecule has 4 nitrogen and oxygen atoms in total. The van der Waals surface area contributed by atoms with Crippen LogP contribution in [0.1, 0.15) is 18.2 Å². The Labute approximate surface area is 137 Å². The predicted octanol–water partition coefficient (Wildman–Crippen LogP) is 4.83. The molecule has 0 fully saturated rings. The van der Waals surface area contributed by atoms with E-state index < -0.39 is 5.82 Å². The summed E-state index contributed by atoms with van der Waals surface area (Å²) in [6, 6.07) is 13.9. The Kier molecular flexibility index (Phi) is 3.27. The molecule has 3 aromatic rings. The highest BCUT2D eigenvalue weighted by Gasteiger charge is 2.20. The van der Waals surface area contributed by atoms with Crippen LogP contribution >= 0.6 is 0 Å². The summed E-state index contributed by atoms with van der Waals surface area (Å²) in [5.41, 5.74) is 3.97. The molecular weight excluding hydrogens is 307 g/mol. The summed E-state index contributed by atoms with van der Waals surface area (Å²) < 4.78 is 19.1. The van der Waals surface area contributed by atoms with Gasteiger partial charge in [0.1, 0.15) is 11.5 Å². The van der Waals surface area contributed by atoms with Crippen LogP contribution in [0.15, 0.2) is 57.9 Å². The van der Waals surface area contributed by atoms with Gasteiger partial charge in [0.05, 0.1) is 11.3 Å². The Morgan fingerprint density at radius 2 is 1.75 bits per heavy atom. The molecule has 4 rings (SSSR count). The van der Waals surface area contributed by atoms with Gasteiger partial charge < -0.3 is 9.52 Å². The molecule has 1 aromatic heterocycles. The van der Waals surface area contributed by atoms with Crippen molar-refractivity contribution in [2.75, 3.05) is 0 Å². The van der Waals surface area contributed by atoms with Gasteiger partial charge in [-0.2, -0.15) is 0 Å². The number of hydrogen-bond acceptors (Lipinski definition) is 4. The monoisotopic (exact) mass is 320 g/mol. The molecule has 5 heteroatoms. The molecule has 24 heavy (non-hydrogen) atoms. The molecule has 0 saturated carbocycles. The van der Waals surface area contributed by atoms with Crippen molar-refractivity contribution in [3.8, 4) is 17.4 Å². The van der Waals surface area contributed by atoms with Crippen LogP contribution in [0.2, 0.25) is 0 Å². The van der Waals surface area contributed by atoms with Crippen molar-refractivity contribution in [3.63, 3.8) is 0 Å². The van der Waals surface area contributed by atoms with Gasteiger partial charge in [0, 0.05) is 16.8 Å². The number of rotatable bonds is 2. The van der Waals surface area contributed by atoms with Crippen molar-refractivity contribution in [2.24, 2.45) is 4.99 Å². The fourth-order valence-electron chi connectivity index (χ4n) is 2.72. The SMILES string of the molecule is CC1=Nc2ccccc2C1=Cc1nc(-c2ccccc2F)oc1O. The highest BCUT2D eigenvalue weighted by atomic mass is 19.1. The Balaban J connectivity index is 1.80. The molecule has 0 atom stereocenters. The standard InChI is InChI=1S/C19H13FN2O2/c1-11-14(12-6-3-5-9-16(12)21-11)10-17-19(23)24-18(22-17)13-7-2-4-8-15(13)20/h2-10,23H,1H3. The van der Waals surface area contributed by atoms with Gasteiger partial charge in [-0.25, -0.2) is 9.37 Å². The normalized spacial score (nSPS) is 14.8. The molecule has 0 aliphatic carbocycles. The van der Waals surface area contributed by atoms with E-state index in [0.29, 0.717) is 0 Å². The third kappa shape index (κ3) is 2.31. The van der Waals surface area contributed by atoms with E-state index in [0.717, 1.165) is 22.5 Å². The van der Waals surface area contributed by atoms with Crippen molar-refractivity contribution in [1.82, 2.24) is 4.98 Å². The minimum Gasteiger partial charge on any atom is -0.479 e. The summed E-state index contributed by atoms with van der Waals surface area (Å²) >= 11 is 0. The first kappa shape index (κ1) is 14.4. The van der Waals surface area contributed by atoms with Crippen molar-refractivity contribution >= 4 is 23.0 Å². The van der Waals surface area contributed by atoms with Gasteiger partial charge in [0.15, 0.2) is 0 Å². The van der Waals surface area contributed by atoms with Crippen molar-refractivity contribution in [1.29, 1.82) is 0 Å². The zero-order chi connectivity index (χ0) is 16.7. The summed E-state index contributed by atoms with van der Waals surface area (Å²) in [4.78, 5) is 8.71. The maximum atomic E-state index is 13.9. The summed E-state index contributed by atoms with van der Waals surface area (Å²) in [5, 5.41) is 10.0. The average Bonchev–Trinajstić information content (AvgIpc) is 3.09. The fourth-order valence-corrected chi connectivity index (χ4v) is 2.72. The molecule has 2 heterocycles. The molecule has 0 radical (unpaired) electrons. The smallest absolute Gasteiger partial charge is 0.310 e. The van der Waals surface area contributed by atoms with Crippen molar-refractivity contribution in [2.45, 2.75) is 6.92 Å². The van der Waals surface area contributed by atoms with Crippen LogP contribution in [-0.2, 0) is 0 Å². The van der Waals surface area contributed by atoms with Crippen LogP contribution < -0.4 is 0 Å². The number of oxazole rings is 1. The van der Waals surface area contributed by atoms with Crippen LogP contribution in [0, 0.1) is 5.82 Å². The van der Waals surface area contributed by atoms with Gasteiger partial charge in [-0.1, -0.05) is 30.3 Å². The van der Waals surface area contributed by atoms with Gasteiger partial charge in [0.25, 0.3) is 0 Å². The predicted molar refractivity (Wildman–Crippen MR) is 90.6 cm³/mol. The number of aliphatic imine (C=N–C) groups is 1. The Morgan fingerprint density at radius 1 is 1.04 bits per heavy atom. The lowest BCUT2D eigenvalue weighted by atomic mass is 10.0. The van der Waals surface area contributed by atoms with Gasteiger partial charge in [-0.05, 0) is 31.2 Å². The van der Waals surface area contributed by atoms with Gasteiger partial charge >= 0.3 is 5.95 Å². The average molecular weight is 320 g/mol. The summed E-state index contributed by atoms with van der Waals surface area (Å²) in [6.07, 6.45) is 1.70. The first-order valence-electron chi connectivity index (χ1n) is 7.45. The van der Waals surface area contributed by atoms with Gasteiger partial charge in [-0.3, -0.25) is 4.99 Å². The third-order valence-electron chi connectivity index (χ3n) is 3.89. The van der Waals surface area contributed by atoms with Gasteiger partial charge in [0.2, 0.25) is 5.89 Å². The first-order valence-corrected chi connectivity index (χ1v) is 7.45. The van der Waals surface area contributed by atoms with E-state index in [4.69, 9.17) is 4.42 Å². The number of para-hydroxylation sites is 1.